The van der Waals surface area contributed by atoms with Crippen LogP contribution in [0.1, 0.15) is 12.8 Å². The fraction of sp³-hybridized carbons (Fsp3) is 0.533. The highest BCUT2D eigenvalue weighted by Gasteiger charge is 2.16. The maximum Gasteiger partial charge on any atom is 0.315 e. The third-order valence-corrected chi connectivity index (χ3v) is 3.51. The smallest absolute Gasteiger partial charge is 0.315 e. The van der Waals surface area contributed by atoms with Gasteiger partial charge in [-0.2, -0.15) is 0 Å². The van der Waals surface area contributed by atoms with Gasteiger partial charge in [0.25, 0.3) is 0 Å². The summed E-state index contributed by atoms with van der Waals surface area (Å²) in [5.74, 6) is 2.09. The summed E-state index contributed by atoms with van der Waals surface area (Å²) in [6, 6.07) is 5.19. The molecular weight excluding hydrogens is 288 g/mol. The predicted octanol–water partition coefficient (Wildman–Crippen LogP) is 1.27. The van der Waals surface area contributed by atoms with Crippen LogP contribution in [0.25, 0.3) is 0 Å². The monoisotopic (exact) mass is 308 g/mol. The van der Waals surface area contributed by atoms with Crippen molar-refractivity contribution in [2.45, 2.75) is 18.9 Å². The Hall–Kier alpha value is -2.15. The number of benzene rings is 1. The second kappa shape index (κ2) is 7.22. The highest BCUT2D eigenvalue weighted by Crippen LogP contribution is 2.34. The molecule has 1 aromatic rings. The van der Waals surface area contributed by atoms with Crippen molar-refractivity contribution in [3.05, 3.63) is 18.2 Å². The van der Waals surface area contributed by atoms with Gasteiger partial charge in [0, 0.05) is 19.2 Å². The summed E-state index contributed by atoms with van der Waals surface area (Å²) in [5.41, 5.74) is 0. The summed E-state index contributed by atoms with van der Waals surface area (Å²) < 4.78 is 21.5. The van der Waals surface area contributed by atoms with E-state index in [1.807, 2.05) is 6.07 Å². The first-order chi connectivity index (χ1) is 10.8. The van der Waals surface area contributed by atoms with Crippen LogP contribution in [0.3, 0.4) is 0 Å². The van der Waals surface area contributed by atoms with Gasteiger partial charge >= 0.3 is 6.03 Å². The maximum atomic E-state index is 11.6. The standard InChI is InChI=1S/C15H20N2O5/c18-15(17-9-12-2-1-6-19-12)16-5-7-20-11-3-4-13-14(8-11)22-10-21-13/h3-4,8,12H,1-2,5-7,9-10H2,(H2,16,17,18)/t12-/m1/s1. The number of fused-ring (bicyclic) bond motifs is 1. The van der Waals surface area contributed by atoms with Crippen molar-refractivity contribution >= 4 is 6.03 Å². The number of ether oxygens (including phenoxy) is 4. The molecule has 3 rings (SSSR count). The summed E-state index contributed by atoms with van der Waals surface area (Å²) in [4.78, 5) is 11.6. The van der Waals surface area contributed by atoms with Crippen molar-refractivity contribution < 1.29 is 23.7 Å². The molecule has 120 valence electrons. The van der Waals surface area contributed by atoms with Crippen molar-refractivity contribution in [3.63, 3.8) is 0 Å². The van der Waals surface area contributed by atoms with E-state index in [4.69, 9.17) is 18.9 Å². The molecule has 1 saturated heterocycles. The number of carbonyl (C=O) groups is 1. The summed E-state index contributed by atoms with van der Waals surface area (Å²) >= 11 is 0. The molecule has 0 bridgehead atoms. The zero-order valence-corrected chi connectivity index (χ0v) is 12.3. The molecule has 2 aliphatic rings. The summed E-state index contributed by atoms with van der Waals surface area (Å²) in [6.07, 6.45) is 2.22. The molecule has 2 heterocycles. The minimum Gasteiger partial charge on any atom is -0.492 e. The van der Waals surface area contributed by atoms with Gasteiger partial charge in [-0.05, 0) is 25.0 Å². The van der Waals surface area contributed by atoms with E-state index in [1.165, 1.54) is 0 Å². The van der Waals surface area contributed by atoms with Gasteiger partial charge in [-0.15, -0.1) is 0 Å². The number of carbonyl (C=O) groups excluding carboxylic acids is 1. The topological polar surface area (TPSA) is 78.1 Å². The molecule has 0 unspecified atom stereocenters. The molecule has 0 aliphatic carbocycles. The van der Waals surface area contributed by atoms with Gasteiger partial charge in [-0.1, -0.05) is 0 Å². The van der Waals surface area contributed by atoms with E-state index >= 15 is 0 Å². The Kier molecular flexibility index (Phi) is 4.85. The Labute approximate surface area is 128 Å². The Morgan fingerprint density at radius 1 is 1.27 bits per heavy atom. The van der Waals surface area contributed by atoms with E-state index in [0.717, 1.165) is 25.2 Å². The van der Waals surface area contributed by atoms with Crippen LogP contribution in [0.15, 0.2) is 18.2 Å². The Bertz CT molecular complexity index is 517. The molecule has 7 heteroatoms. The quantitative estimate of drug-likeness (QED) is 0.774. The van der Waals surface area contributed by atoms with Gasteiger partial charge in [0.2, 0.25) is 6.79 Å². The molecule has 22 heavy (non-hydrogen) atoms. The predicted molar refractivity (Wildman–Crippen MR) is 78.4 cm³/mol. The fourth-order valence-electron chi connectivity index (χ4n) is 2.37. The van der Waals surface area contributed by atoms with E-state index < -0.39 is 0 Å². The lowest BCUT2D eigenvalue weighted by atomic mass is 10.2. The molecule has 1 aromatic carbocycles. The Morgan fingerprint density at radius 2 is 2.18 bits per heavy atom. The zero-order valence-electron chi connectivity index (χ0n) is 12.3. The van der Waals surface area contributed by atoms with E-state index in [0.29, 0.717) is 31.2 Å². The fourth-order valence-corrected chi connectivity index (χ4v) is 2.37. The molecule has 0 spiro atoms. The molecule has 1 atom stereocenters. The van der Waals surface area contributed by atoms with Crippen LogP contribution >= 0.6 is 0 Å². The molecule has 2 N–H and O–H groups in total. The molecule has 2 amide bonds. The zero-order chi connectivity index (χ0) is 15.2. The number of nitrogens with one attached hydrogen (secondary N) is 2. The van der Waals surface area contributed by atoms with E-state index in [-0.39, 0.29) is 18.9 Å². The van der Waals surface area contributed by atoms with Crippen molar-refractivity contribution in [2.75, 3.05) is 33.1 Å². The number of amides is 2. The number of urea groups is 1. The van der Waals surface area contributed by atoms with E-state index in [9.17, 15) is 4.79 Å². The highest BCUT2D eigenvalue weighted by molar-refractivity contribution is 5.73. The molecular formula is C15H20N2O5. The second-order valence-electron chi connectivity index (χ2n) is 5.14. The van der Waals surface area contributed by atoms with Crippen LogP contribution in [0, 0.1) is 0 Å². The van der Waals surface area contributed by atoms with Gasteiger partial charge in [0.1, 0.15) is 12.4 Å². The summed E-state index contributed by atoms with van der Waals surface area (Å²) in [7, 11) is 0. The molecule has 0 saturated carbocycles. The van der Waals surface area contributed by atoms with Crippen molar-refractivity contribution in [1.29, 1.82) is 0 Å². The lowest BCUT2D eigenvalue weighted by Crippen LogP contribution is -2.41. The van der Waals surface area contributed by atoms with E-state index in [2.05, 4.69) is 10.6 Å². The molecule has 0 aromatic heterocycles. The van der Waals surface area contributed by atoms with E-state index in [1.54, 1.807) is 12.1 Å². The first-order valence-electron chi connectivity index (χ1n) is 7.47. The van der Waals surface area contributed by atoms with Crippen LogP contribution in [-0.2, 0) is 4.74 Å². The lowest BCUT2D eigenvalue weighted by Gasteiger charge is -2.12. The largest absolute Gasteiger partial charge is 0.492 e. The van der Waals surface area contributed by atoms with Crippen LogP contribution < -0.4 is 24.8 Å². The molecule has 7 nitrogen and oxygen atoms in total. The summed E-state index contributed by atoms with van der Waals surface area (Å²) in [5, 5.41) is 5.53. The van der Waals surface area contributed by atoms with Gasteiger partial charge in [-0.25, -0.2) is 4.79 Å². The first-order valence-corrected chi connectivity index (χ1v) is 7.47. The average molecular weight is 308 g/mol. The Morgan fingerprint density at radius 3 is 3.05 bits per heavy atom. The van der Waals surface area contributed by atoms with Crippen LogP contribution in [0.2, 0.25) is 0 Å². The van der Waals surface area contributed by atoms with Crippen molar-refractivity contribution in [1.82, 2.24) is 10.6 Å². The van der Waals surface area contributed by atoms with Gasteiger partial charge in [0.15, 0.2) is 11.5 Å². The SMILES string of the molecule is O=C(NCCOc1ccc2c(c1)OCO2)NC[C@H]1CCCO1. The maximum absolute atomic E-state index is 11.6. The molecule has 0 radical (unpaired) electrons. The molecule has 1 fully saturated rings. The number of hydrogen-bond donors (Lipinski definition) is 2. The first kappa shape index (κ1) is 14.8. The van der Waals surface area contributed by atoms with Crippen LogP contribution in [0.5, 0.6) is 17.2 Å². The molecule has 2 aliphatic heterocycles. The normalized spacial score (nSPS) is 19.0. The van der Waals surface area contributed by atoms with Gasteiger partial charge in [-0.3, -0.25) is 0 Å². The number of hydrogen-bond acceptors (Lipinski definition) is 5. The third kappa shape index (κ3) is 3.94. The average Bonchev–Trinajstić information content (AvgIpc) is 3.20. The van der Waals surface area contributed by atoms with Crippen LogP contribution in [-0.4, -0.2) is 45.2 Å². The van der Waals surface area contributed by atoms with Crippen molar-refractivity contribution in [2.24, 2.45) is 0 Å². The van der Waals surface area contributed by atoms with Gasteiger partial charge in [0.05, 0.1) is 12.6 Å². The van der Waals surface area contributed by atoms with Gasteiger partial charge < -0.3 is 29.6 Å². The minimum absolute atomic E-state index is 0.149. The summed E-state index contributed by atoms with van der Waals surface area (Å²) in [6.45, 7) is 2.39. The van der Waals surface area contributed by atoms with Crippen molar-refractivity contribution in [3.8, 4) is 17.2 Å². The minimum atomic E-state index is -0.204. The second-order valence-corrected chi connectivity index (χ2v) is 5.14. The number of rotatable bonds is 6. The highest BCUT2D eigenvalue weighted by atomic mass is 16.7. The van der Waals surface area contributed by atoms with Crippen LogP contribution in [0.4, 0.5) is 4.79 Å². The lowest BCUT2D eigenvalue weighted by molar-refractivity contribution is 0.111. The third-order valence-electron chi connectivity index (χ3n) is 3.51. The Balaban J connectivity index is 1.30.